The maximum absolute atomic E-state index is 11.0. The van der Waals surface area contributed by atoms with Crippen LogP contribution in [0.1, 0.15) is 59.2 Å². The molecule has 0 bridgehead atoms. The van der Waals surface area contributed by atoms with Crippen LogP contribution in [-0.4, -0.2) is 48.2 Å². The van der Waals surface area contributed by atoms with Gasteiger partial charge in [-0.15, -0.1) is 0 Å². The van der Waals surface area contributed by atoms with Crippen LogP contribution in [0.4, 0.5) is 0 Å². The Labute approximate surface area is 158 Å². The third-order valence-electron chi connectivity index (χ3n) is 4.16. The first-order valence-electron chi connectivity index (χ1n) is 10.1. The zero-order chi connectivity index (χ0) is 19.9. The maximum Gasteiger partial charge on any atom is 0.305 e. The van der Waals surface area contributed by atoms with E-state index in [1.54, 1.807) is 6.08 Å². The van der Waals surface area contributed by atoms with Gasteiger partial charge in [0, 0.05) is 13.0 Å². The molecular formula is C21H34O5. The summed E-state index contributed by atoms with van der Waals surface area (Å²) in [4.78, 5) is 11.0. The fourth-order valence-corrected chi connectivity index (χ4v) is 2.50. The van der Waals surface area contributed by atoms with Crippen LogP contribution in [0.25, 0.3) is 0 Å². The van der Waals surface area contributed by atoms with Crippen LogP contribution in [0.2, 0.25) is 0 Å². The van der Waals surface area contributed by atoms with Crippen LogP contribution in [-0.2, 0) is 14.3 Å². The van der Waals surface area contributed by atoms with Gasteiger partial charge in [0.1, 0.15) is 6.10 Å². The third-order valence-corrected chi connectivity index (χ3v) is 4.16. The predicted molar refractivity (Wildman–Crippen MR) is 103 cm³/mol. The molecule has 0 aliphatic carbocycles. The molecule has 0 aromatic rings. The zero-order valence-electron chi connectivity index (χ0n) is 16.8. The smallest absolute Gasteiger partial charge is 0.305 e. The van der Waals surface area contributed by atoms with Crippen molar-refractivity contribution in [2.45, 2.75) is 76.1 Å². The first-order valence-corrected chi connectivity index (χ1v) is 9.52. The molecule has 5 nitrogen and oxygen atoms in total. The highest BCUT2D eigenvalue weighted by Crippen LogP contribution is 2.27. The summed E-state index contributed by atoms with van der Waals surface area (Å²) in [5.41, 5.74) is 0. The third kappa shape index (κ3) is 12.0. The number of aliphatic hydroxyl groups is 2. The molecule has 0 aromatic heterocycles. The molecule has 1 aliphatic rings. The molecule has 4 atom stereocenters. The van der Waals surface area contributed by atoms with Crippen molar-refractivity contribution in [1.82, 2.24) is 0 Å². The van der Waals surface area contributed by atoms with Crippen molar-refractivity contribution in [3.63, 3.8) is 0 Å². The lowest BCUT2D eigenvalue weighted by atomic mass is 10.1. The summed E-state index contributed by atoms with van der Waals surface area (Å²) in [6.07, 6.45) is 18.4. The van der Waals surface area contributed by atoms with E-state index in [1.807, 2.05) is 18.2 Å². The van der Waals surface area contributed by atoms with Gasteiger partial charge in [-0.2, -0.15) is 0 Å². The second kappa shape index (κ2) is 14.7. The minimum Gasteiger partial charge on any atom is -0.469 e. The number of ether oxygens (including phenoxy) is 2. The van der Waals surface area contributed by atoms with E-state index in [0.717, 1.165) is 38.5 Å². The van der Waals surface area contributed by atoms with Gasteiger partial charge in [0.2, 0.25) is 0 Å². The number of aliphatic hydroxyl groups excluding tert-OH is 2. The van der Waals surface area contributed by atoms with Gasteiger partial charge >= 0.3 is 5.97 Å². The van der Waals surface area contributed by atoms with Crippen molar-refractivity contribution in [3.8, 4) is 0 Å². The van der Waals surface area contributed by atoms with Crippen LogP contribution >= 0.6 is 0 Å². The Bertz CT molecular complexity index is 487. The predicted octanol–water partition coefficient (Wildman–Crippen LogP) is 3.46. The topological polar surface area (TPSA) is 79.3 Å². The van der Waals surface area contributed by atoms with Crippen molar-refractivity contribution < 1.29 is 25.9 Å². The molecule has 0 spiro atoms. The van der Waals surface area contributed by atoms with Crippen molar-refractivity contribution in [1.29, 1.82) is 0 Å². The Morgan fingerprint density at radius 3 is 2.73 bits per heavy atom. The van der Waals surface area contributed by atoms with E-state index in [-0.39, 0.29) is 18.2 Å². The van der Waals surface area contributed by atoms with Crippen molar-refractivity contribution in [2.24, 2.45) is 0 Å². The van der Waals surface area contributed by atoms with E-state index < -0.39 is 12.7 Å². The molecule has 1 fully saturated rings. The Balaban J connectivity index is 2.02. The van der Waals surface area contributed by atoms with Gasteiger partial charge in [-0.05, 0) is 44.9 Å². The number of esters is 1. The van der Waals surface area contributed by atoms with E-state index in [0.29, 0.717) is 19.3 Å². The average molecular weight is 369 g/mol. The summed E-state index contributed by atoms with van der Waals surface area (Å²) >= 11 is 0. The zero-order valence-corrected chi connectivity index (χ0v) is 15.8. The molecule has 26 heavy (non-hydrogen) atoms. The minimum atomic E-state index is -0.946. The van der Waals surface area contributed by atoms with E-state index >= 15 is 0 Å². The Morgan fingerprint density at radius 1 is 1.19 bits per heavy atom. The average Bonchev–Trinajstić information content (AvgIpc) is 3.39. The summed E-state index contributed by atoms with van der Waals surface area (Å²) in [5.74, 6) is -0.191. The molecule has 1 rings (SSSR count). The molecule has 0 aromatic carbocycles. The molecule has 1 saturated heterocycles. The molecule has 5 heteroatoms. The number of carbonyl (C=O) groups is 1. The first-order chi connectivity index (χ1) is 13.0. The van der Waals surface area contributed by atoms with E-state index in [2.05, 4.69) is 16.9 Å². The van der Waals surface area contributed by atoms with Crippen LogP contribution in [0.15, 0.2) is 36.5 Å². The molecular weight excluding hydrogens is 332 g/mol. The van der Waals surface area contributed by atoms with Crippen LogP contribution in [0.3, 0.4) is 0 Å². The Morgan fingerprint density at radius 2 is 1.96 bits per heavy atom. The fraction of sp³-hybridized carbons (Fsp3) is 0.667. The molecule has 148 valence electrons. The summed E-state index contributed by atoms with van der Waals surface area (Å²) in [6, 6.07) is 0. The molecule has 4 unspecified atom stereocenters. The highest BCUT2D eigenvalue weighted by Gasteiger charge is 2.34. The fourth-order valence-electron chi connectivity index (χ4n) is 2.50. The number of methoxy groups -OCH3 is 1. The molecule has 0 saturated carbocycles. The van der Waals surface area contributed by atoms with E-state index in [1.165, 1.54) is 7.11 Å². The lowest BCUT2D eigenvalue weighted by Gasteiger charge is -2.00. The number of epoxide rings is 1. The molecule has 0 amide bonds. The largest absolute Gasteiger partial charge is 0.469 e. The normalized spacial score (nSPS) is 22.8. The summed E-state index contributed by atoms with van der Waals surface area (Å²) in [5, 5.41) is 18.8. The Kier molecular flexibility index (Phi) is 11.8. The van der Waals surface area contributed by atoms with Gasteiger partial charge in [0.05, 0.1) is 20.7 Å². The number of unbranched alkanes of at least 4 members (excludes halogenated alkanes) is 3. The molecule has 2 N–H and O–H groups in total. The summed E-state index contributed by atoms with van der Waals surface area (Å²) in [7, 11) is 1.39. The monoisotopic (exact) mass is 368 g/mol. The molecule has 1 aliphatic heterocycles. The highest BCUT2D eigenvalue weighted by molar-refractivity contribution is 5.69. The number of hydrogen-bond acceptors (Lipinski definition) is 5. The van der Waals surface area contributed by atoms with Crippen LogP contribution < -0.4 is 0 Å². The van der Waals surface area contributed by atoms with Gasteiger partial charge in [-0.3, -0.25) is 4.79 Å². The number of rotatable bonds is 15. The van der Waals surface area contributed by atoms with Gasteiger partial charge in [-0.25, -0.2) is 0 Å². The molecule has 0 radical (unpaired) electrons. The highest BCUT2D eigenvalue weighted by atomic mass is 16.6. The van der Waals surface area contributed by atoms with E-state index in [4.69, 9.17) is 11.2 Å². The lowest BCUT2D eigenvalue weighted by molar-refractivity contribution is -0.140. The molecule has 1 heterocycles. The van der Waals surface area contributed by atoms with Crippen molar-refractivity contribution >= 4 is 5.97 Å². The van der Waals surface area contributed by atoms with Gasteiger partial charge in [-0.1, -0.05) is 42.9 Å². The maximum atomic E-state index is 11.0. The first kappa shape index (κ1) is 20.9. The quantitative estimate of drug-likeness (QED) is 0.200. The Hall–Kier alpha value is -1.43. The van der Waals surface area contributed by atoms with Crippen LogP contribution in [0, 0.1) is 0 Å². The standard InChI is InChI=1S/C21H34O5/c1-25-21(24)14-10-6-5-8-12-18(23)15-16-20-19(26-20)13-9-4-2-3-7-11-17-22/h4-5,8-9,15-16,18-20,22-23H,2-3,6-7,10-14,17H2,1H3/b8-5+,9-4+,16-15+/i17T. The minimum absolute atomic E-state index is 0.0896. The van der Waals surface area contributed by atoms with Crippen LogP contribution in [0.5, 0.6) is 0 Å². The van der Waals surface area contributed by atoms with Gasteiger partial charge in [0.25, 0.3) is 0 Å². The van der Waals surface area contributed by atoms with E-state index in [9.17, 15) is 9.90 Å². The summed E-state index contributed by atoms with van der Waals surface area (Å²) in [6.45, 7) is -0.946. The van der Waals surface area contributed by atoms with Crippen molar-refractivity contribution in [3.05, 3.63) is 36.5 Å². The van der Waals surface area contributed by atoms with Gasteiger partial charge < -0.3 is 19.7 Å². The summed E-state index contributed by atoms with van der Waals surface area (Å²) < 4.78 is 17.1. The van der Waals surface area contributed by atoms with Gasteiger partial charge in [0.15, 0.2) is 0 Å². The SMILES string of the molecule is [3H]C(O)CCCC/C=C/CC1OC1/C=C/C(O)C/C=C/CCCC(=O)OC. The van der Waals surface area contributed by atoms with Crippen molar-refractivity contribution in [2.75, 3.05) is 13.7 Å². The number of carbonyl (C=O) groups excluding carboxylic acids is 1. The second-order valence-electron chi connectivity index (χ2n) is 6.44. The number of hydrogen-bond donors (Lipinski definition) is 2. The second-order valence-corrected chi connectivity index (χ2v) is 6.44. The lowest BCUT2D eigenvalue weighted by Crippen LogP contribution is -2.01. The number of allylic oxidation sites excluding steroid dienone is 2.